The lowest BCUT2D eigenvalue weighted by atomic mass is 10.0. The smallest absolute Gasteiger partial charge is 0.242 e. The standard InChI is InChI=1S/C20H24ClFN2O3S/c1-27-19-8-4-3-7-16(19)18(24-11-5-2-6-12-24)14-23-28(25,26)20-10-9-15(22)13-17(20)21/h3-4,7-10,13,18,23H,2,5-6,11-12,14H2,1H3/t18-/m1/s1. The second-order valence-electron chi connectivity index (χ2n) is 6.78. The van der Waals surface area contributed by atoms with Gasteiger partial charge in [-0.3, -0.25) is 4.90 Å². The molecule has 0 aromatic heterocycles. The van der Waals surface area contributed by atoms with E-state index < -0.39 is 15.8 Å². The van der Waals surface area contributed by atoms with Crippen molar-refractivity contribution in [1.29, 1.82) is 0 Å². The summed E-state index contributed by atoms with van der Waals surface area (Å²) in [5.41, 5.74) is 0.930. The highest BCUT2D eigenvalue weighted by Crippen LogP contribution is 2.31. The molecule has 1 saturated heterocycles. The fourth-order valence-electron chi connectivity index (χ4n) is 3.57. The highest BCUT2D eigenvalue weighted by atomic mass is 35.5. The zero-order valence-corrected chi connectivity index (χ0v) is 17.3. The molecule has 1 aliphatic rings. The Bertz CT molecular complexity index is 917. The van der Waals surface area contributed by atoms with Crippen LogP contribution in [0.4, 0.5) is 4.39 Å². The normalized spacial score (nSPS) is 16.7. The average molecular weight is 427 g/mol. The van der Waals surface area contributed by atoms with Crippen LogP contribution in [0.15, 0.2) is 47.4 Å². The first-order chi connectivity index (χ1) is 13.4. The molecular formula is C20H24ClFN2O3S. The van der Waals surface area contributed by atoms with Crippen molar-refractivity contribution in [2.24, 2.45) is 0 Å². The molecule has 3 rings (SSSR count). The van der Waals surface area contributed by atoms with Gasteiger partial charge in [0, 0.05) is 12.1 Å². The third-order valence-corrected chi connectivity index (χ3v) is 6.89. The van der Waals surface area contributed by atoms with Gasteiger partial charge >= 0.3 is 0 Å². The molecule has 1 N–H and O–H groups in total. The second kappa shape index (κ2) is 9.22. The maximum absolute atomic E-state index is 13.3. The van der Waals surface area contributed by atoms with Gasteiger partial charge in [0.05, 0.1) is 18.2 Å². The molecule has 28 heavy (non-hydrogen) atoms. The minimum Gasteiger partial charge on any atom is -0.496 e. The lowest BCUT2D eigenvalue weighted by Crippen LogP contribution is -2.40. The molecule has 0 spiro atoms. The third kappa shape index (κ3) is 4.84. The lowest BCUT2D eigenvalue weighted by Gasteiger charge is -2.35. The van der Waals surface area contributed by atoms with Crippen LogP contribution in [-0.2, 0) is 10.0 Å². The van der Waals surface area contributed by atoms with Crippen molar-refractivity contribution in [1.82, 2.24) is 9.62 Å². The van der Waals surface area contributed by atoms with Crippen molar-refractivity contribution in [3.05, 3.63) is 58.9 Å². The van der Waals surface area contributed by atoms with Crippen LogP contribution in [0.25, 0.3) is 0 Å². The second-order valence-corrected chi connectivity index (χ2v) is 8.92. The van der Waals surface area contributed by atoms with Crippen LogP contribution in [0.5, 0.6) is 5.75 Å². The Balaban J connectivity index is 1.87. The number of ether oxygens (including phenoxy) is 1. The molecular weight excluding hydrogens is 403 g/mol. The number of sulfonamides is 1. The fourth-order valence-corrected chi connectivity index (χ4v) is 5.13. The molecule has 5 nitrogen and oxygen atoms in total. The summed E-state index contributed by atoms with van der Waals surface area (Å²) < 4.78 is 47.0. The molecule has 8 heteroatoms. The van der Waals surface area contributed by atoms with Gasteiger partial charge in [-0.1, -0.05) is 36.2 Å². The summed E-state index contributed by atoms with van der Waals surface area (Å²) in [7, 11) is -2.28. The first-order valence-corrected chi connectivity index (χ1v) is 11.1. The highest BCUT2D eigenvalue weighted by Gasteiger charge is 2.27. The van der Waals surface area contributed by atoms with E-state index >= 15 is 0 Å². The van der Waals surface area contributed by atoms with E-state index in [1.807, 2.05) is 24.3 Å². The van der Waals surface area contributed by atoms with Crippen LogP contribution in [0.1, 0.15) is 30.9 Å². The quantitative estimate of drug-likeness (QED) is 0.727. The number of rotatable bonds is 7. The van der Waals surface area contributed by atoms with Crippen LogP contribution in [0.3, 0.4) is 0 Å². The molecule has 0 radical (unpaired) electrons. The van der Waals surface area contributed by atoms with Crippen molar-refractivity contribution in [2.45, 2.75) is 30.2 Å². The van der Waals surface area contributed by atoms with Gasteiger partial charge in [0.2, 0.25) is 10.0 Å². The summed E-state index contributed by atoms with van der Waals surface area (Å²) >= 11 is 5.95. The third-order valence-electron chi connectivity index (χ3n) is 4.98. The number of halogens is 2. The van der Waals surface area contributed by atoms with E-state index in [4.69, 9.17) is 16.3 Å². The van der Waals surface area contributed by atoms with Crippen molar-refractivity contribution in [2.75, 3.05) is 26.7 Å². The maximum atomic E-state index is 13.3. The summed E-state index contributed by atoms with van der Waals surface area (Å²) in [5.74, 6) is 0.140. The molecule has 0 aliphatic carbocycles. The fraction of sp³-hybridized carbons (Fsp3) is 0.400. The van der Waals surface area contributed by atoms with E-state index in [9.17, 15) is 12.8 Å². The number of benzene rings is 2. The Labute approximate surface area is 170 Å². The van der Waals surface area contributed by atoms with Gasteiger partial charge in [-0.15, -0.1) is 0 Å². The molecule has 0 bridgehead atoms. The van der Waals surface area contributed by atoms with Crippen LogP contribution < -0.4 is 9.46 Å². The van der Waals surface area contributed by atoms with E-state index in [1.54, 1.807) is 7.11 Å². The first-order valence-electron chi connectivity index (χ1n) is 9.24. The number of nitrogens with one attached hydrogen (secondary N) is 1. The van der Waals surface area contributed by atoms with Gasteiger partial charge in [0.25, 0.3) is 0 Å². The first kappa shape index (κ1) is 21.0. The van der Waals surface area contributed by atoms with E-state index in [0.29, 0.717) is 0 Å². The predicted octanol–water partition coefficient (Wildman–Crippen LogP) is 3.99. The number of nitrogens with zero attached hydrogens (tertiary/aromatic N) is 1. The van der Waals surface area contributed by atoms with Crippen molar-refractivity contribution < 1.29 is 17.5 Å². The van der Waals surface area contributed by atoms with Gasteiger partial charge < -0.3 is 4.74 Å². The summed E-state index contributed by atoms with van der Waals surface area (Å²) in [4.78, 5) is 2.14. The average Bonchev–Trinajstić information content (AvgIpc) is 2.69. The molecule has 2 aromatic rings. The van der Waals surface area contributed by atoms with Crippen LogP contribution in [0.2, 0.25) is 5.02 Å². The highest BCUT2D eigenvalue weighted by molar-refractivity contribution is 7.89. The molecule has 0 unspecified atom stereocenters. The van der Waals surface area contributed by atoms with Gasteiger partial charge in [-0.05, 0) is 50.2 Å². The minimum absolute atomic E-state index is 0.131. The summed E-state index contributed by atoms with van der Waals surface area (Å²) in [6.45, 7) is 1.94. The van der Waals surface area contributed by atoms with Crippen LogP contribution >= 0.6 is 11.6 Å². The SMILES string of the molecule is COc1ccccc1[C@@H](CNS(=O)(=O)c1ccc(F)cc1Cl)N1CCCCC1. The monoisotopic (exact) mass is 426 g/mol. The maximum Gasteiger partial charge on any atom is 0.242 e. The summed E-state index contributed by atoms with van der Waals surface area (Å²) in [6, 6.07) is 10.7. The molecule has 2 aromatic carbocycles. The molecule has 1 fully saturated rings. The van der Waals surface area contributed by atoms with E-state index in [2.05, 4.69) is 9.62 Å². The van der Waals surface area contributed by atoms with Gasteiger partial charge in [-0.25, -0.2) is 17.5 Å². The molecule has 1 aliphatic heterocycles. The van der Waals surface area contributed by atoms with Crippen molar-refractivity contribution in [3.63, 3.8) is 0 Å². The van der Waals surface area contributed by atoms with Crippen LogP contribution in [0, 0.1) is 5.82 Å². The minimum atomic E-state index is -3.89. The zero-order chi connectivity index (χ0) is 20.1. The van der Waals surface area contributed by atoms with E-state index in [-0.39, 0.29) is 22.5 Å². The Morgan fingerprint density at radius 2 is 1.89 bits per heavy atom. The van der Waals surface area contributed by atoms with E-state index in [0.717, 1.165) is 49.4 Å². The number of hydrogen-bond acceptors (Lipinski definition) is 4. The zero-order valence-electron chi connectivity index (χ0n) is 15.7. The van der Waals surface area contributed by atoms with Crippen LogP contribution in [-0.4, -0.2) is 40.1 Å². The van der Waals surface area contributed by atoms with Crippen molar-refractivity contribution in [3.8, 4) is 5.75 Å². The Hall–Kier alpha value is -1.67. The topological polar surface area (TPSA) is 58.6 Å². The molecule has 0 saturated carbocycles. The Morgan fingerprint density at radius 3 is 2.57 bits per heavy atom. The number of methoxy groups -OCH3 is 1. The number of likely N-dealkylation sites (tertiary alicyclic amines) is 1. The Morgan fingerprint density at radius 1 is 1.18 bits per heavy atom. The van der Waals surface area contributed by atoms with Gasteiger partial charge in [0.1, 0.15) is 16.5 Å². The number of para-hydroxylation sites is 1. The number of piperidine rings is 1. The Kier molecular flexibility index (Phi) is 6.93. The summed E-state index contributed by atoms with van der Waals surface area (Å²) in [6.07, 6.45) is 3.32. The summed E-state index contributed by atoms with van der Waals surface area (Å²) in [5, 5.41) is -0.140. The van der Waals surface area contributed by atoms with Gasteiger partial charge in [-0.2, -0.15) is 0 Å². The lowest BCUT2D eigenvalue weighted by molar-refractivity contribution is 0.162. The number of hydrogen-bond donors (Lipinski definition) is 1. The van der Waals surface area contributed by atoms with Crippen molar-refractivity contribution >= 4 is 21.6 Å². The molecule has 0 amide bonds. The van der Waals surface area contributed by atoms with E-state index in [1.165, 1.54) is 12.5 Å². The predicted molar refractivity (Wildman–Crippen MR) is 108 cm³/mol. The molecule has 1 heterocycles. The largest absolute Gasteiger partial charge is 0.496 e. The van der Waals surface area contributed by atoms with Gasteiger partial charge in [0.15, 0.2) is 0 Å². The molecule has 1 atom stereocenters. The molecule has 152 valence electrons.